The lowest BCUT2D eigenvalue weighted by Gasteiger charge is -2.27. The summed E-state index contributed by atoms with van der Waals surface area (Å²) >= 11 is 0. The molecule has 10 heteroatoms. The average Bonchev–Trinajstić information content (AvgIpc) is 3.39. The number of unbranched alkanes of at least 4 members (excludes halogenated alkanes) is 23. The molecule has 77 heavy (non-hydrogen) atoms. The Balaban J connectivity index is 5.27. The van der Waals surface area contributed by atoms with E-state index in [1.165, 1.54) is 89.9 Å². The first-order valence-corrected chi connectivity index (χ1v) is 32.7. The summed E-state index contributed by atoms with van der Waals surface area (Å²) in [7, 11) is 1.46. The third-order valence-electron chi connectivity index (χ3n) is 13.2. The second-order valence-corrected chi connectivity index (χ2v) is 23.3. The molecule has 0 aromatic carbocycles. The Morgan fingerprint density at radius 3 is 1.27 bits per heavy atom. The second kappa shape index (κ2) is 56.0. The first kappa shape index (κ1) is 73.7. The molecule has 0 saturated heterocycles. The normalized spacial score (nSPS) is 14.4. The van der Waals surface area contributed by atoms with E-state index >= 15 is 0 Å². The van der Waals surface area contributed by atoms with E-state index in [0.29, 0.717) is 23.9 Å². The Morgan fingerprint density at radius 2 is 0.831 bits per heavy atom. The minimum atomic E-state index is -4.46. The van der Waals surface area contributed by atoms with Crippen LogP contribution < -0.4 is 5.32 Å². The number of hydrogen-bond donors (Lipinski definition) is 2. The third kappa shape index (κ3) is 57.2. The van der Waals surface area contributed by atoms with Crippen LogP contribution in [0.2, 0.25) is 0 Å². The zero-order valence-corrected chi connectivity index (χ0v) is 51.3. The summed E-state index contributed by atoms with van der Waals surface area (Å²) < 4.78 is 30.7. The molecule has 0 aromatic heterocycles. The summed E-state index contributed by atoms with van der Waals surface area (Å²) in [6, 6.07) is -0.872. The van der Waals surface area contributed by atoms with E-state index in [1.54, 1.807) is 0 Å². The molecule has 3 unspecified atom stereocenters. The monoisotopic (exact) mass is 1090 g/mol. The van der Waals surface area contributed by atoms with Gasteiger partial charge in [-0.25, -0.2) is 4.57 Å². The van der Waals surface area contributed by atoms with Crippen molar-refractivity contribution in [2.24, 2.45) is 0 Å². The number of ether oxygens (including phenoxy) is 1. The van der Waals surface area contributed by atoms with Crippen LogP contribution in [0.5, 0.6) is 0 Å². The lowest BCUT2D eigenvalue weighted by molar-refractivity contribution is -0.870. The molecule has 0 aliphatic rings. The number of nitrogens with one attached hydrogen (secondary N) is 1. The van der Waals surface area contributed by atoms with Crippen LogP contribution in [0.1, 0.15) is 252 Å². The van der Waals surface area contributed by atoms with Crippen molar-refractivity contribution in [3.8, 4) is 0 Å². The number of hydrogen-bond acceptors (Lipinski definition) is 6. The molecule has 9 nitrogen and oxygen atoms in total. The molecule has 0 aliphatic carbocycles. The maximum atomic E-state index is 13.5. The standard InChI is InChI=1S/C67H117N2O7P/c1-7-10-13-16-19-22-25-27-29-31-32-33-34-35-36-38-39-41-44-47-50-53-56-59-66(70)68-64(63-75-77(72,73)74-62-61-69(4,5)6)65(58-55-52-49-46-43-24-21-18-15-12-9-3)76-67(71)60-57-54-51-48-45-42-40-37-30-28-26-23-20-17-14-11-8-2/h10,13,19-20,22-23,27-30,32-33,35-36,39,41,55,58,64-65H,7-9,11-12,14-18,21,24-26,31,34,37-38,40,42-54,56-57,59-63H2,1-6H3,(H-,68,70,72,73)/p+1/b13-10-,22-19-,23-20-,29-27-,30-28-,33-32-,36-35-,41-39-,58-55-. The number of allylic oxidation sites excluding steroid dienone is 17. The van der Waals surface area contributed by atoms with Gasteiger partial charge in [0, 0.05) is 12.8 Å². The van der Waals surface area contributed by atoms with Crippen molar-refractivity contribution in [2.75, 3.05) is 40.9 Å². The van der Waals surface area contributed by atoms with Crippen molar-refractivity contribution in [1.29, 1.82) is 0 Å². The van der Waals surface area contributed by atoms with Crippen LogP contribution >= 0.6 is 7.82 Å². The van der Waals surface area contributed by atoms with E-state index in [0.717, 1.165) is 122 Å². The summed E-state index contributed by atoms with van der Waals surface area (Å²) in [5.74, 6) is -0.549. The molecule has 0 bridgehead atoms. The summed E-state index contributed by atoms with van der Waals surface area (Å²) in [5, 5.41) is 3.04. The zero-order chi connectivity index (χ0) is 56.4. The Kier molecular flexibility index (Phi) is 53.5. The lowest BCUT2D eigenvalue weighted by atomic mass is 10.1. The number of rotatable bonds is 55. The Labute approximate surface area is 474 Å². The first-order valence-electron chi connectivity index (χ1n) is 31.2. The quantitative estimate of drug-likeness (QED) is 0.0205. The van der Waals surface area contributed by atoms with Gasteiger partial charge in [-0.15, -0.1) is 0 Å². The predicted molar refractivity (Wildman–Crippen MR) is 332 cm³/mol. The van der Waals surface area contributed by atoms with Gasteiger partial charge in [0.15, 0.2) is 0 Å². The molecule has 0 fully saturated rings. The fourth-order valence-corrected chi connectivity index (χ4v) is 9.12. The number of quaternary nitrogens is 1. The molecule has 1 amide bonds. The predicted octanol–water partition coefficient (Wildman–Crippen LogP) is 19.3. The average molecular weight is 1090 g/mol. The molecule has 0 rings (SSSR count). The highest BCUT2D eigenvalue weighted by molar-refractivity contribution is 7.47. The van der Waals surface area contributed by atoms with Gasteiger partial charge in [0.1, 0.15) is 19.3 Å². The summed E-state index contributed by atoms with van der Waals surface area (Å²) in [5.41, 5.74) is 0. The van der Waals surface area contributed by atoms with E-state index in [2.05, 4.69) is 123 Å². The highest BCUT2D eigenvalue weighted by Gasteiger charge is 2.30. The van der Waals surface area contributed by atoms with Gasteiger partial charge in [-0.1, -0.05) is 233 Å². The third-order valence-corrected chi connectivity index (χ3v) is 14.2. The molecule has 0 saturated carbocycles. The van der Waals surface area contributed by atoms with E-state index in [9.17, 15) is 19.0 Å². The van der Waals surface area contributed by atoms with Gasteiger partial charge in [-0.3, -0.25) is 18.6 Å². The number of carbonyl (C=O) groups is 2. The minimum absolute atomic E-state index is 0.0279. The van der Waals surface area contributed by atoms with Crippen LogP contribution in [-0.2, 0) is 27.9 Å². The van der Waals surface area contributed by atoms with Gasteiger partial charge < -0.3 is 19.4 Å². The fraction of sp³-hybridized carbons (Fsp3) is 0.701. The molecule has 0 aromatic rings. The summed E-state index contributed by atoms with van der Waals surface area (Å²) in [4.78, 5) is 37.7. The number of phosphoric acid groups is 1. The Bertz CT molecular complexity index is 1690. The number of likely N-dealkylation sites (N-methyl/N-ethyl adjacent to an activating group) is 1. The van der Waals surface area contributed by atoms with Gasteiger partial charge in [-0.05, 0) is 115 Å². The first-order chi connectivity index (χ1) is 37.4. The molecule has 2 N–H and O–H groups in total. The number of amides is 1. The molecular formula is C67H118N2O7P+. The molecule has 0 aliphatic heterocycles. The molecule has 3 atom stereocenters. The number of phosphoric ester groups is 1. The van der Waals surface area contributed by atoms with Gasteiger partial charge in [0.25, 0.3) is 0 Å². The summed E-state index contributed by atoms with van der Waals surface area (Å²) in [6.45, 7) is 6.83. The molecule has 442 valence electrons. The molecular weight excluding hydrogens is 976 g/mol. The number of carbonyl (C=O) groups excluding carboxylic acids is 2. The van der Waals surface area contributed by atoms with Gasteiger partial charge in [0.05, 0.1) is 33.8 Å². The van der Waals surface area contributed by atoms with Gasteiger partial charge >= 0.3 is 13.8 Å². The van der Waals surface area contributed by atoms with Crippen LogP contribution in [0.4, 0.5) is 0 Å². The van der Waals surface area contributed by atoms with Gasteiger partial charge in [0.2, 0.25) is 5.91 Å². The highest BCUT2D eigenvalue weighted by atomic mass is 31.2. The van der Waals surface area contributed by atoms with E-state index < -0.39 is 20.0 Å². The van der Waals surface area contributed by atoms with E-state index in [4.69, 9.17) is 13.8 Å². The van der Waals surface area contributed by atoms with Crippen molar-refractivity contribution in [3.63, 3.8) is 0 Å². The highest BCUT2D eigenvalue weighted by Crippen LogP contribution is 2.43. The topological polar surface area (TPSA) is 111 Å². The van der Waals surface area contributed by atoms with E-state index in [-0.39, 0.29) is 31.5 Å². The lowest BCUT2D eigenvalue weighted by Crippen LogP contribution is -2.47. The maximum absolute atomic E-state index is 13.5. The SMILES string of the molecule is CC/C=C\C/C=C\C/C=C\C/C=C\C/C=C\C/C=C\CCCCCCC(=O)NC(COP(=O)(O)OCC[N+](C)(C)C)C(/C=C\CCCCCCCCCCC)OC(=O)CCCCCCCCC/C=C\C/C=C\CCCCC. The van der Waals surface area contributed by atoms with E-state index in [1.807, 2.05) is 33.3 Å². The minimum Gasteiger partial charge on any atom is -0.456 e. The zero-order valence-electron chi connectivity index (χ0n) is 50.4. The van der Waals surface area contributed by atoms with Crippen LogP contribution in [0.15, 0.2) is 109 Å². The number of nitrogens with zero attached hydrogens (tertiary/aromatic N) is 1. The van der Waals surface area contributed by atoms with Crippen LogP contribution in [-0.4, -0.2) is 74.3 Å². The van der Waals surface area contributed by atoms with Crippen LogP contribution in [0.25, 0.3) is 0 Å². The van der Waals surface area contributed by atoms with Crippen molar-refractivity contribution < 1.29 is 37.3 Å². The van der Waals surface area contributed by atoms with Crippen LogP contribution in [0.3, 0.4) is 0 Å². The number of esters is 1. The van der Waals surface area contributed by atoms with Gasteiger partial charge in [-0.2, -0.15) is 0 Å². The Hall–Kier alpha value is -3.33. The molecule has 0 spiro atoms. The largest absolute Gasteiger partial charge is 0.472 e. The molecule has 0 heterocycles. The van der Waals surface area contributed by atoms with Crippen LogP contribution in [0, 0.1) is 0 Å². The van der Waals surface area contributed by atoms with Crippen molar-refractivity contribution in [3.05, 3.63) is 109 Å². The maximum Gasteiger partial charge on any atom is 0.472 e. The second-order valence-electron chi connectivity index (χ2n) is 21.8. The Morgan fingerprint density at radius 1 is 0.468 bits per heavy atom. The smallest absolute Gasteiger partial charge is 0.456 e. The fourth-order valence-electron chi connectivity index (χ4n) is 8.38. The van der Waals surface area contributed by atoms with Crippen molar-refractivity contribution in [1.82, 2.24) is 5.32 Å². The summed E-state index contributed by atoms with van der Waals surface area (Å²) in [6.07, 6.45) is 76.5. The van der Waals surface area contributed by atoms with Crippen molar-refractivity contribution in [2.45, 2.75) is 264 Å². The van der Waals surface area contributed by atoms with Crippen molar-refractivity contribution >= 4 is 19.7 Å². The molecule has 0 radical (unpaired) electrons.